The fraction of sp³-hybridized carbons (Fsp3) is 0.158. The van der Waals surface area contributed by atoms with Gasteiger partial charge in [-0.1, -0.05) is 6.92 Å². The molecule has 7 nitrogen and oxygen atoms in total. The molecular formula is C19H15Br2NO6S. The highest BCUT2D eigenvalue weighted by molar-refractivity contribution is 9.11. The average molecular weight is 545 g/mol. The summed E-state index contributed by atoms with van der Waals surface area (Å²) in [5, 5.41) is 10.3. The van der Waals surface area contributed by atoms with Crippen LogP contribution in [0.2, 0.25) is 0 Å². The van der Waals surface area contributed by atoms with Gasteiger partial charge in [-0.3, -0.25) is 9.59 Å². The van der Waals surface area contributed by atoms with Crippen LogP contribution in [0.15, 0.2) is 48.6 Å². The van der Waals surface area contributed by atoms with Crippen molar-refractivity contribution in [2.75, 3.05) is 0 Å². The predicted molar refractivity (Wildman–Crippen MR) is 114 cm³/mol. The number of rotatable bonds is 5. The van der Waals surface area contributed by atoms with Gasteiger partial charge in [0.2, 0.25) is 5.91 Å². The van der Waals surface area contributed by atoms with E-state index in [0.717, 1.165) is 6.92 Å². The lowest BCUT2D eigenvalue weighted by Crippen LogP contribution is -2.28. The van der Waals surface area contributed by atoms with Crippen LogP contribution < -0.4 is 4.72 Å². The molecule has 3 aromatic rings. The molecule has 0 saturated heterocycles. The van der Waals surface area contributed by atoms with Crippen molar-refractivity contribution in [3.8, 4) is 5.75 Å². The van der Waals surface area contributed by atoms with E-state index in [1.54, 1.807) is 0 Å². The minimum atomic E-state index is -4.03. The number of ketones is 1. The SMILES string of the molecule is CCc1oc2cc(S(=O)(=O)NC(C)=O)ccc2c1C(=O)c1cc(Br)c(O)c(Br)c1. The summed E-state index contributed by atoms with van der Waals surface area (Å²) in [5.74, 6) is -0.667. The van der Waals surface area contributed by atoms with Crippen LogP contribution in [0, 0.1) is 0 Å². The summed E-state index contributed by atoms with van der Waals surface area (Å²) >= 11 is 6.42. The summed E-state index contributed by atoms with van der Waals surface area (Å²) in [7, 11) is -4.03. The van der Waals surface area contributed by atoms with Gasteiger partial charge in [-0.15, -0.1) is 0 Å². The topological polar surface area (TPSA) is 114 Å². The number of carbonyl (C=O) groups excluding carboxylic acids is 2. The number of amides is 1. The maximum absolute atomic E-state index is 13.2. The minimum absolute atomic E-state index is 0.0258. The Morgan fingerprint density at radius 2 is 1.76 bits per heavy atom. The quantitative estimate of drug-likeness (QED) is 0.463. The van der Waals surface area contributed by atoms with E-state index < -0.39 is 15.9 Å². The molecule has 3 rings (SSSR count). The monoisotopic (exact) mass is 543 g/mol. The van der Waals surface area contributed by atoms with Crippen LogP contribution in [0.25, 0.3) is 11.0 Å². The number of carbonyl (C=O) groups is 2. The molecule has 0 spiro atoms. The lowest BCUT2D eigenvalue weighted by atomic mass is 9.99. The summed E-state index contributed by atoms with van der Waals surface area (Å²) in [6, 6.07) is 7.05. The molecule has 2 aromatic carbocycles. The van der Waals surface area contributed by atoms with Gasteiger partial charge in [-0.25, -0.2) is 13.1 Å². The van der Waals surface area contributed by atoms with E-state index in [0.29, 0.717) is 37.6 Å². The highest BCUT2D eigenvalue weighted by Gasteiger charge is 2.24. The van der Waals surface area contributed by atoms with Crippen LogP contribution in [-0.2, 0) is 21.2 Å². The Bertz CT molecular complexity index is 1240. The molecule has 0 aliphatic heterocycles. The van der Waals surface area contributed by atoms with E-state index in [4.69, 9.17) is 4.42 Å². The Hall–Kier alpha value is -2.17. The van der Waals surface area contributed by atoms with Gasteiger partial charge in [0.05, 0.1) is 19.4 Å². The highest BCUT2D eigenvalue weighted by Crippen LogP contribution is 2.36. The second-order valence-electron chi connectivity index (χ2n) is 6.19. The molecule has 152 valence electrons. The molecule has 0 aliphatic carbocycles. The standard InChI is InChI=1S/C19H15Br2NO6S/c1-3-15-17(18(24)10-6-13(20)19(25)14(21)7-10)12-5-4-11(8-16(12)28-15)29(26,27)22-9(2)23/h4-8,25H,3H2,1-2H3,(H,22,23). The second kappa shape index (κ2) is 7.92. The summed E-state index contributed by atoms with van der Waals surface area (Å²) < 4.78 is 32.8. The number of furan rings is 1. The van der Waals surface area contributed by atoms with Crippen molar-refractivity contribution < 1.29 is 27.5 Å². The summed E-state index contributed by atoms with van der Waals surface area (Å²) in [4.78, 5) is 24.2. The molecule has 0 saturated carbocycles. The number of aryl methyl sites for hydroxylation is 1. The molecule has 0 radical (unpaired) electrons. The first-order valence-electron chi connectivity index (χ1n) is 8.36. The maximum Gasteiger partial charge on any atom is 0.264 e. The number of sulfonamides is 1. The highest BCUT2D eigenvalue weighted by atomic mass is 79.9. The minimum Gasteiger partial charge on any atom is -0.506 e. The molecule has 2 N–H and O–H groups in total. The van der Waals surface area contributed by atoms with Crippen molar-refractivity contribution in [3.63, 3.8) is 0 Å². The van der Waals surface area contributed by atoms with E-state index >= 15 is 0 Å². The van der Waals surface area contributed by atoms with Crippen molar-refractivity contribution in [2.24, 2.45) is 0 Å². The Labute approximate surface area is 183 Å². The molecule has 0 aliphatic rings. The van der Waals surface area contributed by atoms with Crippen molar-refractivity contribution in [1.82, 2.24) is 4.72 Å². The lowest BCUT2D eigenvalue weighted by molar-refractivity contribution is -0.117. The Kier molecular flexibility index (Phi) is 5.88. The molecule has 10 heteroatoms. The largest absolute Gasteiger partial charge is 0.506 e. The molecule has 1 amide bonds. The van der Waals surface area contributed by atoms with Gasteiger partial charge in [-0.05, 0) is 56.1 Å². The number of benzene rings is 2. The fourth-order valence-corrected chi connectivity index (χ4v) is 5.07. The molecule has 0 atom stereocenters. The van der Waals surface area contributed by atoms with Gasteiger partial charge in [0, 0.05) is 30.4 Å². The van der Waals surface area contributed by atoms with Crippen molar-refractivity contribution in [1.29, 1.82) is 0 Å². The normalized spacial score (nSPS) is 11.6. The van der Waals surface area contributed by atoms with Gasteiger partial charge in [0.1, 0.15) is 17.1 Å². The number of aromatic hydroxyl groups is 1. The zero-order valence-electron chi connectivity index (χ0n) is 15.2. The maximum atomic E-state index is 13.2. The van der Waals surface area contributed by atoms with Gasteiger partial charge < -0.3 is 9.52 Å². The molecule has 0 bridgehead atoms. The van der Waals surface area contributed by atoms with Gasteiger partial charge >= 0.3 is 0 Å². The van der Waals surface area contributed by atoms with Crippen LogP contribution in [0.4, 0.5) is 0 Å². The molecule has 0 fully saturated rings. The average Bonchev–Trinajstić information content (AvgIpc) is 3.01. The second-order valence-corrected chi connectivity index (χ2v) is 9.58. The Morgan fingerprint density at radius 1 is 1.14 bits per heavy atom. The van der Waals surface area contributed by atoms with E-state index in [1.165, 1.54) is 30.3 Å². The number of hydrogen-bond donors (Lipinski definition) is 2. The summed E-state index contributed by atoms with van der Waals surface area (Å²) in [6.07, 6.45) is 0.407. The van der Waals surface area contributed by atoms with Crippen LogP contribution in [-0.4, -0.2) is 25.2 Å². The number of hydrogen-bond acceptors (Lipinski definition) is 6. The van der Waals surface area contributed by atoms with Crippen LogP contribution in [0.1, 0.15) is 35.5 Å². The fourth-order valence-electron chi connectivity index (χ4n) is 2.88. The summed E-state index contributed by atoms with van der Waals surface area (Å²) in [6.45, 7) is 2.91. The number of nitrogens with one attached hydrogen (secondary N) is 1. The number of phenols is 1. The van der Waals surface area contributed by atoms with Crippen LogP contribution in [0.3, 0.4) is 0 Å². The van der Waals surface area contributed by atoms with Crippen molar-refractivity contribution >= 4 is 64.5 Å². The summed E-state index contributed by atoms with van der Waals surface area (Å²) in [5.41, 5.74) is 0.845. The third-order valence-electron chi connectivity index (χ3n) is 4.15. The van der Waals surface area contributed by atoms with Crippen molar-refractivity contribution in [2.45, 2.75) is 25.2 Å². The molecule has 1 aromatic heterocycles. The smallest absolute Gasteiger partial charge is 0.264 e. The van der Waals surface area contributed by atoms with E-state index in [-0.39, 0.29) is 22.0 Å². The van der Waals surface area contributed by atoms with Gasteiger partial charge in [0.25, 0.3) is 10.0 Å². The number of phenolic OH excluding ortho intramolecular Hbond substituents is 1. The third-order valence-corrected chi connectivity index (χ3v) is 6.79. The van der Waals surface area contributed by atoms with Crippen LogP contribution >= 0.6 is 31.9 Å². The molecule has 29 heavy (non-hydrogen) atoms. The van der Waals surface area contributed by atoms with E-state index in [2.05, 4.69) is 31.9 Å². The zero-order valence-corrected chi connectivity index (χ0v) is 19.2. The first-order valence-corrected chi connectivity index (χ1v) is 11.4. The Balaban J connectivity index is 2.16. The van der Waals surface area contributed by atoms with Crippen molar-refractivity contribution in [3.05, 3.63) is 56.2 Å². The zero-order chi connectivity index (χ0) is 21.5. The number of halogens is 2. The first-order chi connectivity index (χ1) is 13.5. The van der Waals surface area contributed by atoms with Gasteiger partial charge in [0.15, 0.2) is 5.78 Å². The van der Waals surface area contributed by atoms with Crippen LogP contribution in [0.5, 0.6) is 5.75 Å². The third kappa shape index (κ3) is 4.10. The lowest BCUT2D eigenvalue weighted by Gasteiger charge is -2.06. The predicted octanol–water partition coefficient (Wildman–Crippen LogP) is 4.28. The van der Waals surface area contributed by atoms with E-state index in [1.807, 2.05) is 11.6 Å². The molecule has 1 heterocycles. The number of fused-ring (bicyclic) bond motifs is 1. The molecular weight excluding hydrogens is 530 g/mol. The Morgan fingerprint density at radius 3 is 2.31 bits per heavy atom. The van der Waals surface area contributed by atoms with E-state index in [9.17, 15) is 23.1 Å². The molecule has 0 unspecified atom stereocenters. The van der Waals surface area contributed by atoms with Gasteiger partial charge in [-0.2, -0.15) is 0 Å². The first kappa shape index (κ1) is 21.5.